The summed E-state index contributed by atoms with van der Waals surface area (Å²) < 4.78 is 2.96. The first-order valence-electron chi connectivity index (χ1n) is 6.88. The predicted octanol–water partition coefficient (Wildman–Crippen LogP) is 3.36. The largest absolute Gasteiger partial charge is 0.389 e. The summed E-state index contributed by atoms with van der Waals surface area (Å²) in [5.41, 5.74) is 1.57. The number of hydrogen-bond acceptors (Lipinski definition) is 2. The highest BCUT2D eigenvalue weighted by molar-refractivity contribution is 9.10. The fraction of sp³-hybridized carbons (Fsp3) is 0.786. The summed E-state index contributed by atoms with van der Waals surface area (Å²) in [6, 6.07) is 0. The Hall–Kier alpha value is -0.350. The third-order valence-electron chi connectivity index (χ3n) is 4.40. The maximum Gasteiger partial charge on any atom is 0.0738 e. The summed E-state index contributed by atoms with van der Waals surface area (Å²) in [6.07, 6.45) is 6.24. The molecule has 0 radical (unpaired) electrons. The van der Waals surface area contributed by atoms with Crippen LogP contribution < -0.4 is 0 Å². The normalized spacial score (nSPS) is 28.6. The fourth-order valence-electron chi connectivity index (χ4n) is 3.27. The number of nitrogens with zero attached hydrogens (tertiary/aromatic N) is 2. The molecule has 1 aliphatic rings. The van der Waals surface area contributed by atoms with Gasteiger partial charge in [-0.1, -0.05) is 26.2 Å². The van der Waals surface area contributed by atoms with Crippen molar-refractivity contribution in [1.29, 1.82) is 0 Å². The van der Waals surface area contributed by atoms with Crippen molar-refractivity contribution in [3.8, 4) is 0 Å². The van der Waals surface area contributed by atoms with Crippen molar-refractivity contribution in [3.05, 3.63) is 15.9 Å². The predicted molar refractivity (Wildman–Crippen MR) is 76.5 cm³/mol. The summed E-state index contributed by atoms with van der Waals surface area (Å²) in [7, 11) is 1.96. The Morgan fingerprint density at radius 3 is 2.78 bits per heavy atom. The number of hydrogen-bond donors (Lipinski definition) is 1. The Labute approximate surface area is 118 Å². The van der Waals surface area contributed by atoms with Crippen molar-refractivity contribution in [2.45, 2.75) is 58.0 Å². The Balaban J connectivity index is 2.25. The molecule has 102 valence electrons. The van der Waals surface area contributed by atoms with Gasteiger partial charge in [0.1, 0.15) is 0 Å². The van der Waals surface area contributed by atoms with Gasteiger partial charge >= 0.3 is 0 Å². The van der Waals surface area contributed by atoms with E-state index in [2.05, 4.69) is 28.0 Å². The lowest BCUT2D eigenvalue weighted by Crippen LogP contribution is -2.43. The Kier molecular flexibility index (Phi) is 4.17. The van der Waals surface area contributed by atoms with Crippen molar-refractivity contribution < 1.29 is 5.11 Å². The second-order valence-electron chi connectivity index (χ2n) is 5.60. The van der Waals surface area contributed by atoms with Crippen LogP contribution >= 0.6 is 15.9 Å². The molecule has 18 heavy (non-hydrogen) atoms. The smallest absolute Gasteiger partial charge is 0.0738 e. The van der Waals surface area contributed by atoms with Gasteiger partial charge in [-0.3, -0.25) is 4.68 Å². The van der Waals surface area contributed by atoms with Crippen molar-refractivity contribution in [3.63, 3.8) is 0 Å². The van der Waals surface area contributed by atoms with E-state index in [0.29, 0.717) is 12.3 Å². The van der Waals surface area contributed by atoms with Gasteiger partial charge in [-0.2, -0.15) is 5.10 Å². The SMILES string of the molecule is CCC1CCCCC1(O)Cc1c(Br)c(C)nn1C. The van der Waals surface area contributed by atoms with E-state index in [9.17, 15) is 5.11 Å². The lowest BCUT2D eigenvalue weighted by Gasteiger charge is -2.40. The van der Waals surface area contributed by atoms with Gasteiger partial charge in [0.25, 0.3) is 0 Å². The first kappa shape index (κ1) is 14.1. The van der Waals surface area contributed by atoms with E-state index < -0.39 is 5.60 Å². The van der Waals surface area contributed by atoms with Crippen molar-refractivity contribution in [2.75, 3.05) is 0 Å². The molecule has 1 aromatic heterocycles. The summed E-state index contributed by atoms with van der Waals surface area (Å²) in [4.78, 5) is 0. The molecule has 1 fully saturated rings. The zero-order valence-corrected chi connectivity index (χ0v) is 13.1. The van der Waals surface area contributed by atoms with E-state index in [4.69, 9.17) is 0 Å². The Morgan fingerprint density at radius 1 is 1.50 bits per heavy atom. The molecule has 0 amide bonds. The van der Waals surface area contributed by atoms with Gasteiger partial charge < -0.3 is 5.11 Å². The van der Waals surface area contributed by atoms with Crippen LogP contribution in [0.4, 0.5) is 0 Å². The minimum absolute atomic E-state index is 0.424. The topological polar surface area (TPSA) is 38.1 Å². The molecule has 0 saturated heterocycles. The lowest BCUT2D eigenvalue weighted by molar-refractivity contribution is -0.0505. The van der Waals surface area contributed by atoms with E-state index in [1.54, 1.807) is 0 Å². The molecule has 0 spiro atoms. The third-order valence-corrected chi connectivity index (χ3v) is 5.43. The van der Waals surface area contributed by atoms with Gasteiger partial charge in [0.15, 0.2) is 0 Å². The summed E-state index contributed by atoms with van der Waals surface area (Å²) in [5, 5.41) is 15.4. The molecular weight excluding hydrogens is 292 g/mol. The van der Waals surface area contributed by atoms with E-state index in [-0.39, 0.29) is 0 Å². The second-order valence-corrected chi connectivity index (χ2v) is 6.39. The van der Waals surface area contributed by atoms with Gasteiger partial charge in [0.05, 0.1) is 21.5 Å². The number of aromatic nitrogens is 2. The minimum atomic E-state index is -0.546. The van der Waals surface area contributed by atoms with Crippen molar-refractivity contribution in [1.82, 2.24) is 9.78 Å². The van der Waals surface area contributed by atoms with Gasteiger partial charge in [-0.15, -0.1) is 0 Å². The van der Waals surface area contributed by atoms with Crippen LogP contribution in [0.25, 0.3) is 0 Å². The van der Waals surface area contributed by atoms with Crippen molar-refractivity contribution in [2.24, 2.45) is 13.0 Å². The molecule has 1 heterocycles. The van der Waals surface area contributed by atoms with Crippen LogP contribution in [0.5, 0.6) is 0 Å². The maximum atomic E-state index is 11.0. The lowest BCUT2D eigenvalue weighted by atomic mass is 9.72. The molecule has 1 saturated carbocycles. The van der Waals surface area contributed by atoms with Crippen LogP contribution in [-0.4, -0.2) is 20.5 Å². The summed E-state index contributed by atoms with van der Waals surface area (Å²) >= 11 is 3.60. The molecule has 0 bridgehead atoms. The highest BCUT2D eigenvalue weighted by Gasteiger charge is 2.39. The van der Waals surface area contributed by atoms with Crippen LogP contribution in [0, 0.1) is 12.8 Å². The van der Waals surface area contributed by atoms with Gasteiger partial charge in [-0.05, 0) is 41.6 Å². The molecule has 4 heteroatoms. The molecule has 1 aliphatic carbocycles. The maximum absolute atomic E-state index is 11.0. The Morgan fingerprint density at radius 2 is 2.22 bits per heavy atom. The highest BCUT2D eigenvalue weighted by Crippen LogP contribution is 2.39. The monoisotopic (exact) mass is 314 g/mol. The third kappa shape index (κ3) is 2.50. The molecule has 1 N–H and O–H groups in total. The molecule has 0 aliphatic heterocycles. The van der Waals surface area contributed by atoms with Gasteiger partial charge in [0.2, 0.25) is 0 Å². The summed E-state index contributed by atoms with van der Waals surface area (Å²) in [6.45, 7) is 4.18. The minimum Gasteiger partial charge on any atom is -0.389 e. The quantitative estimate of drug-likeness (QED) is 0.929. The number of aryl methyl sites for hydroxylation is 2. The first-order chi connectivity index (χ1) is 8.48. The molecular formula is C14H23BrN2O. The van der Waals surface area contributed by atoms with Crippen LogP contribution in [0.15, 0.2) is 4.47 Å². The molecule has 0 aromatic carbocycles. The van der Waals surface area contributed by atoms with Gasteiger partial charge in [0, 0.05) is 13.5 Å². The highest BCUT2D eigenvalue weighted by atomic mass is 79.9. The van der Waals surface area contributed by atoms with E-state index >= 15 is 0 Å². The first-order valence-corrected chi connectivity index (χ1v) is 7.67. The number of aliphatic hydroxyl groups is 1. The average Bonchev–Trinajstić information content (AvgIpc) is 2.56. The van der Waals surface area contributed by atoms with Crippen LogP contribution in [0.3, 0.4) is 0 Å². The van der Waals surface area contributed by atoms with E-state index in [1.807, 2.05) is 18.7 Å². The van der Waals surface area contributed by atoms with E-state index in [0.717, 1.165) is 41.5 Å². The Bertz CT molecular complexity index is 430. The molecule has 3 nitrogen and oxygen atoms in total. The standard InChI is InChI=1S/C14H23BrN2O/c1-4-11-7-5-6-8-14(11,18)9-12-13(15)10(2)16-17(12)3/h11,18H,4-9H2,1-3H3. The van der Waals surface area contributed by atoms with Crippen LogP contribution in [0.2, 0.25) is 0 Å². The van der Waals surface area contributed by atoms with Crippen LogP contribution in [0.1, 0.15) is 50.4 Å². The molecule has 2 atom stereocenters. The zero-order valence-electron chi connectivity index (χ0n) is 11.5. The molecule has 1 aromatic rings. The van der Waals surface area contributed by atoms with Crippen molar-refractivity contribution >= 4 is 15.9 Å². The summed E-state index contributed by atoms with van der Waals surface area (Å²) in [5.74, 6) is 0.424. The van der Waals surface area contributed by atoms with E-state index in [1.165, 1.54) is 6.42 Å². The number of rotatable bonds is 3. The number of halogens is 1. The second kappa shape index (κ2) is 5.33. The molecule has 2 unspecified atom stereocenters. The zero-order chi connectivity index (χ0) is 13.3. The molecule has 2 rings (SSSR count). The van der Waals surface area contributed by atoms with Crippen LogP contribution in [-0.2, 0) is 13.5 Å². The average molecular weight is 315 g/mol. The fourth-order valence-corrected chi connectivity index (χ4v) is 3.75. The van der Waals surface area contributed by atoms with Gasteiger partial charge in [-0.25, -0.2) is 0 Å².